The molecule has 1 amide bonds. The topological polar surface area (TPSA) is 66.8 Å². The number of aliphatic imine (C=N–C) groups is 1. The zero-order chi connectivity index (χ0) is 18.0. The summed E-state index contributed by atoms with van der Waals surface area (Å²) in [5.41, 5.74) is 0.968. The van der Waals surface area contributed by atoms with Gasteiger partial charge in [0.1, 0.15) is 5.82 Å². The van der Waals surface area contributed by atoms with Crippen LogP contribution in [0, 0.1) is 5.82 Å². The van der Waals surface area contributed by atoms with Gasteiger partial charge >= 0.3 is 0 Å². The lowest BCUT2D eigenvalue weighted by molar-refractivity contribution is -0.117. The molecule has 3 rings (SSSR count). The van der Waals surface area contributed by atoms with Gasteiger partial charge in [0.2, 0.25) is 5.91 Å². The van der Waals surface area contributed by atoms with Crippen LogP contribution in [0.1, 0.15) is 25.3 Å². The van der Waals surface area contributed by atoms with E-state index < -0.39 is 9.84 Å². The molecule has 0 spiro atoms. The SMILES string of the molecule is CCCC(=O)N=C1S[C@H]2CS(=O)(=O)C[C@@H]2N1CCc1ccc(F)cc1. The number of benzene rings is 1. The lowest BCUT2D eigenvalue weighted by Gasteiger charge is -2.24. The van der Waals surface area contributed by atoms with Crippen LogP contribution in [0.3, 0.4) is 0 Å². The lowest BCUT2D eigenvalue weighted by atomic mass is 10.1. The summed E-state index contributed by atoms with van der Waals surface area (Å²) in [5, 5.41) is 0.567. The van der Waals surface area contributed by atoms with E-state index in [-0.39, 0.29) is 34.5 Å². The molecule has 5 nitrogen and oxygen atoms in total. The van der Waals surface area contributed by atoms with Crippen LogP contribution in [0.2, 0.25) is 0 Å². The van der Waals surface area contributed by atoms with Crippen molar-refractivity contribution in [2.75, 3.05) is 18.1 Å². The monoisotopic (exact) mass is 384 g/mol. The molecule has 0 bridgehead atoms. The van der Waals surface area contributed by atoms with E-state index in [1.54, 1.807) is 12.1 Å². The molecule has 0 saturated carbocycles. The fourth-order valence-corrected chi connectivity index (χ4v) is 7.17. The van der Waals surface area contributed by atoms with E-state index in [1.807, 2.05) is 11.8 Å². The minimum atomic E-state index is -3.04. The number of nitrogens with zero attached hydrogens (tertiary/aromatic N) is 2. The van der Waals surface area contributed by atoms with E-state index in [0.717, 1.165) is 12.0 Å². The average molecular weight is 384 g/mol. The second-order valence-electron chi connectivity index (χ2n) is 6.41. The fraction of sp³-hybridized carbons (Fsp3) is 0.529. The molecule has 8 heteroatoms. The Hall–Kier alpha value is -1.41. The number of carbonyl (C=O) groups is 1. The Morgan fingerprint density at radius 2 is 2.04 bits per heavy atom. The molecule has 1 aromatic carbocycles. The maximum atomic E-state index is 13.0. The predicted molar refractivity (Wildman–Crippen MR) is 98.0 cm³/mol. The zero-order valence-electron chi connectivity index (χ0n) is 14.0. The number of hydrogen-bond donors (Lipinski definition) is 0. The maximum absolute atomic E-state index is 13.0. The van der Waals surface area contributed by atoms with E-state index in [2.05, 4.69) is 4.99 Å². The number of carbonyl (C=O) groups excluding carboxylic acids is 1. The van der Waals surface area contributed by atoms with Crippen molar-refractivity contribution >= 4 is 32.7 Å². The molecular weight excluding hydrogens is 363 g/mol. The van der Waals surface area contributed by atoms with Gasteiger partial charge in [-0.2, -0.15) is 4.99 Å². The van der Waals surface area contributed by atoms with Gasteiger partial charge < -0.3 is 4.90 Å². The average Bonchev–Trinajstić information content (AvgIpc) is 2.98. The molecule has 2 fully saturated rings. The molecule has 0 N–H and O–H groups in total. The van der Waals surface area contributed by atoms with E-state index in [0.29, 0.717) is 24.6 Å². The molecule has 0 unspecified atom stereocenters. The first-order valence-corrected chi connectivity index (χ1v) is 11.1. The molecule has 0 aromatic heterocycles. The maximum Gasteiger partial charge on any atom is 0.248 e. The normalized spacial score (nSPS) is 26.2. The number of fused-ring (bicyclic) bond motifs is 1. The molecule has 2 saturated heterocycles. The van der Waals surface area contributed by atoms with Gasteiger partial charge in [-0.1, -0.05) is 30.8 Å². The van der Waals surface area contributed by atoms with E-state index in [9.17, 15) is 17.6 Å². The number of amides is 1. The summed E-state index contributed by atoms with van der Waals surface area (Å²) in [5.74, 6) is -0.208. The quantitative estimate of drug-likeness (QED) is 0.779. The van der Waals surface area contributed by atoms with Crippen LogP contribution in [0.4, 0.5) is 4.39 Å². The molecule has 1 aromatic rings. The Balaban J connectivity index is 1.77. The lowest BCUT2D eigenvalue weighted by Crippen LogP contribution is -2.39. The third-order valence-electron chi connectivity index (χ3n) is 4.41. The van der Waals surface area contributed by atoms with Crippen molar-refractivity contribution in [3.63, 3.8) is 0 Å². The third kappa shape index (κ3) is 4.41. The second kappa shape index (κ2) is 7.45. The highest BCUT2D eigenvalue weighted by atomic mass is 32.2. The van der Waals surface area contributed by atoms with Crippen LogP contribution in [0.15, 0.2) is 29.3 Å². The van der Waals surface area contributed by atoms with Gasteiger partial charge in [0.25, 0.3) is 0 Å². The van der Waals surface area contributed by atoms with Crippen molar-refractivity contribution in [2.45, 2.75) is 37.5 Å². The molecule has 2 heterocycles. The van der Waals surface area contributed by atoms with Crippen molar-refractivity contribution < 1.29 is 17.6 Å². The van der Waals surface area contributed by atoms with Crippen LogP contribution in [0.5, 0.6) is 0 Å². The highest BCUT2D eigenvalue weighted by Gasteiger charge is 2.48. The van der Waals surface area contributed by atoms with Gasteiger partial charge in [0.15, 0.2) is 15.0 Å². The first-order valence-electron chi connectivity index (χ1n) is 8.37. The highest BCUT2D eigenvalue weighted by molar-refractivity contribution is 8.15. The molecule has 0 radical (unpaired) electrons. The number of halogens is 1. The first-order chi connectivity index (χ1) is 11.9. The molecule has 0 aliphatic carbocycles. The van der Waals surface area contributed by atoms with Crippen molar-refractivity contribution in [3.8, 4) is 0 Å². The van der Waals surface area contributed by atoms with Gasteiger partial charge in [0, 0.05) is 18.2 Å². The van der Waals surface area contributed by atoms with Crippen molar-refractivity contribution in [2.24, 2.45) is 4.99 Å². The molecule has 2 atom stereocenters. The minimum Gasteiger partial charge on any atom is -0.346 e. The number of rotatable bonds is 5. The van der Waals surface area contributed by atoms with Crippen molar-refractivity contribution in [3.05, 3.63) is 35.6 Å². The van der Waals surface area contributed by atoms with Gasteiger partial charge in [-0.05, 0) is 30.5 Å². The first kappa shape index (κ1) is 18.4. The summed E-state index contributed by atoms with van der Waals surface area (Å²) < 4.78 is 36.9. The number of amidine groups is 1. The van der Waals surface area contributed by atoms with Gasteiger partial charge in [-0.25, -0.2) is 12.8 Å². The van der Waals surface area contributed by atoms with Crippen LogP contribution in [0.25, 0.3) is 0 Å². The van der Waals surface area contributed by atoms with E-state index in [4.69, 9.17) is 0 Å². The Morgan fingerprint density at radius 3 is 2.72 bits per heavy atom. The Bertz CT molecular complexity index is 778. The third-order valence-corrected chi connectivity index (χ3v) is 7.66. The molecular formula is C17H21FN2O3S2. The molecule has 2 aliphatic heterocycles. The summed E-state index contributed by atoms with van der Waals surface area (Å²) in [6.07, 6.45) is 1.77. The van der Waals surface area contributed by atoms with E-state index in [1.165, 1.54) is 23.9 Å². The van der Waals surface area contributed by atoms with Gasteiger partial charge in [0.05, 0.1) is 17.5 Å². The summed E-state index contributed by atoms with van der Waals surface area (Å²) in [7, 11) is -3.04. The Labute approximate surface area is 151 Å². The number of sulfone groups is 1. The summed E-state index contributed by atoms with van der Waals surface area (Å²) in [6, 6.07) is 6.14. The predicted octanol–water partition coefficient (Wildman–Crippen LogP) is 2.27. The molecule has 25 heavy (non-hydrogen) atoms. The molecule has 2 aliphatic rings. The smallest absolute Gasteiger partial charge is 0.248 e. The zero-order valence-corrected chi connectivity index (χ0v) is 15.7. The van der Waals surface area contributed by atoms with Crippen LogP contribution in [-0.2, 0) is 21.1 Å². The standard InChI is InChI=1S/C17H21FN2O3S2/c1-2-3-16(21)19-17-20(9-8-12-4-6-13(18)7-5-12)14-10-25(22,23)11-15(14)24-17/h4-7,14-15H,2-3,8-11H2,1H3/t14-,15-/m0/s1. The fourth-order valence-electron chi connectivity index (χ4n) is 3.17. The van der Waals surface area contributed by atoms with E-state index >= 15 is 0 Å². The summed E-state index contributed by atoms with van der Waals surface area (Å²) in [4.78, 5) is 18.1. The Morgan fingerprint density at radius 1 is 1.32 bits per heavy atom. The summed E-state index contributed by atoms with van der Waals surface area (Å²) in [6.45, 7) is 2.49. The van der Waals surface area contributed by atoms with Crippen LogP contribution < -0.4 is 0 Å². The minimum absolute atomic E-state index is 0.0635. The second-order valence-corrected chi connectivity index (χ2v) is 9.77. The van der Waals surface area contributed by atoms with Crippen molar-refractivity contribution in [1.82, 2.24) is 4.90 Å². The van der Waals surface area contributed by atoms with Gasteiger partial charge in [-0.3, -0.25) is 4.79 Å². The Kier molecular flexibility index (Phi) is 5.48. The van der Waals surface area contributed by atoms with Crippen molar-refractivity contribution in [1.29, 1.82) is 0 Å². The number of thioether (sulfide) groups is 1. The summed E-state index contributed by atoms with van der Waals surface area (Å²) >= 11 is 1.40. The molecule has 136 valence electrons. The highest BCUT2D eigenvalue weighted by Crippen LogP contribution is 2.38. The van der Waals surface area contributed by atoms with Crippen LogP contribution in [-0.4, -0.2) is 53.7 Å². The van der Waals surface area contributed by atoms with Crippen LogP contribution >= 0.6 is 11.8 Å². The number of hydrogen-bond acceptors (Lipinski definition) is 4. The largest absolute Gasteiger partial charge is 0.346 e. The van der Waals surface area contributed by atoms with Gasteiger partial charge in [-0.15, -0.1) is 0 Å².